The highest BCUT2D eigenvalue weighted by molar-refractivity contribution is 7.77. The number of hydrogen-bond donors (Lipinski definition) is 2. The molecule has 3 aromatic carbocycles. The highest BCUT2D eigenvalue weighted by Gasteiger charge is 2.19. The summed E-state index contributed by atoms with van der Waals surface area (Å²) in [6, 6.07) is 25.3. The molecule has 0 saturated carbocycles. The summed E-state index contributed by atoms with van der Waals surface area (Å²) in [7, 11) is 2.12. The Labute approximate surface area is 183 Å². The van der Waals surface area contributed by atoms with E-state index in [0.29, 0.717) is 0 Å². The van der Waals surface area contributed by atoms with Gasteiger partial charge in [0.05, 0.1) is 10.2 Å². The molecule has 2 nitrogen and oxygen atoms in total. The number of rotatable bonds is 5. The number of thiol groups is 1. The van der Waals surface area contributed by atoms with Crippen LogP contribution in [0.1, 0.15) is 27.6 Å². The molecular weight excluding hydrogens is 391 g/mol. The van der Waals surface area contributed by atoms with Gasteiger partial charge in [-0.1, -0.05) is 66.7 Å². The first kappa shape index (κ1) is 21.2. The highest BCUT2D eigenvalue weighted by Crippen LogP contribution is 2.34. The van der Waals surface area contributed by atoms with Crippen molar-refractivity contribution in [1.29, 1.82) is 0 Å². The van der Waals surface area contributed by atoms with Crippen molar-refractivity contribution in [1.82, 2.24) is 4.98 Å². The van der Waals surface area contributed by atoms with Gasteiger partial charge in [0.2, 0.25) is 0 Å². The zero-order valence-corrected chi connectivity index (χ0v) is 18.0. The molecule has 4 aromatic rings. The van der Waals surface area contributed by atoms with Gasteiger partial charge in [0.1, 0.15) is 12.3 Å². The van der Waals surface area contributed by atoms with Gasteiger partial charge in [-0.05, 0) is 41.8 Å². The van der Waals surface area contributed by atoms with Gasteiger partial charge in [0.25, 0.3) is 0 Å². The third-order valence-electron chi connectivity index (χ3n) is 4.80. The molecule has 143 valence electrons. The first-order chi connectivity index (χ1) is 14.3. The van der Waals surface area contributed by atoms with Gasteiger partial charge in [-0.25, -0.2) is 4.98 Å². The molecule has 29 heavy (non-hydrogen) atoms. The van der Waals surface area contributed by atoms with Crippen molar-refractivity contribution >= 4 is 47.1 Å². The van der Waals surface area contributed by atoms with E-state index in [4.69, 9.17) is 11.4 Å². The second-order valence-corrected chi connectivity index (χ2v) is 7.64. The van der Waals surface area contributed by atoms with E-state index in [2.05, 4.69) is 98.6 Å². The second-order valence-electron chi connectivity index (χ2n) is 6.58. The monoisotopic (exact) mass is 413 g/mol. The van der Waals surface area contributed by atoms with E-state index in [1.807, 2.05) is 12.1 Å². The Morgan fingerprint density at radius 2 is 1.86 bits per heavy atom. The lowest BCUT2D eigenvalue weighted by molar-refractivity contribution is 0.798. The van der Waals surface area contributed by atoms with Crippen molar-refractivity contribution in [3.05, 3.63) is 94.5 Å². The Morgan fingerprint density at radius 1 is 1.07 bits per heavy atom. The molecule has 2 N–H and O–H groups in total. The van der Waals surface area contributed by atoms with E-state index in [9.17, 15) is 0 Å². The number of hydrogen-bond acceptors (Lipinski definition) is 4. The van der Waals surface area contributed by atoms with Crippen LogP contribution in [0.5, 0.6) is 0 Å². The molecule has 1 heterocycles. The van der Waals surface area contributed by atoms with Crippen molar-refractivity contribution in [3.8, 4) is 12.3 Å². The lowest BCUT2D eigenvalue weighted by Gasteiger charge is -2.15. The van der Waals surface area contributed by atoms with E-state index in [0.717, 1.165) is 22.5 Å². The average molecular weight is 413 g/mol. The van der Waals surface area contributed by atoms with Crippen LogP contribution in [0.25, 0.3) is 10.2 Å². The Balaban J connectivity index is 0.00000117. The largest absolute Gasteiger partial charge is 0.281 e. The highest BCUT2D eigenvalue weighted by atomic mass is 32.1. The summed E-state index contributed by atoms with van der Waals surface area (Å²) >= 11 is 4.82. The third kappa shape index (κ3) is 5.10. The average Bonchev–Trinajstić information content (AvgIpc) is 3.22. The maximum absolute atomic E-state index is 5.59. The zero-order valence-electron chi connectivity index (χ0n) is 16.2. The SMILES string of the molecule is C#Cc1cccc(CC(c2ccccc2)c2nc3ccc([B]C)cc3s2)c1.NS. The number of nitrogens with two attached hydrogens (primary N) is 1. The lowest BCUT2D eigenvalue weighted by Crippen LogP contribution is -2.08. The summed E-state index contributed by atoms with van der Waals surface area (Å²) in [6.45, 7) is 2.06. The predicted molar refractivity (Wildman–Crippen MR) is 130 cm³/mol. The smallest absolute Gasteiger partial charge is 0.148 e. The second kappa shape index (κ2) is 10.3. The standard InChI is InChI=1S/C24H19BNS.H3NS/c1-3-17-8-7-9-18(14-17)15-21(19-10-5-4-6-11-19)24-26-22-13-12-20(25-2)16-23(22)27-24;1-2/h1,4-14,16,21H,15H2,2H3;2H,1H2. The van der Waals surface area contributed by atoms with Gasteiger partial charge in [0.15, 0.2) is 0 Å². The first-order valence-electron chi connectivity index (χ1n) is 9.33. The van der Waals surface area contributed by atoms with Crippen molar-refractivity contribution < 1.29 is 0 Å². The number of terminal acetylenes is 1. The molecule has 0 saturated heterocycles. The molecule has 1 atom stereocenters. The van der Waals surface area contributed by atoms with Crippen LogP contribution in [-0.2, 0) is 6.42 Å². The van der Waals surface area contributed by atoms with E-state index < -0.39 is 0 Å². The van der Waals surface area contributed by atoms with Gasteiger partial charge < -0.3 is 0 Å². The fraction of sp³-hybridized carbons (Fsp3) is 0.125. The summed E-state index contributed by atoms with van der Waals surface area (Å²) < 4.78 is 1.24. The van der Waals surface area contributed by atoms with Crippen LogP contribution in [0.3, 0.4) is 0 Å². The molecule has 0 aliphatic rings. The zero-order chi connectivity index (χ0) is 20.6. The fourth-order valence-corrected chi connectivity index (χ4v) is 4.49. The molecule has 0 spiro atoms. The van der Waals surface area contributed by atoms with Crippen LogP contribution < -0.4 is 10.6 Å². The van der Waals surface area contributed by atoms with E-state index in [1.165, 1.54) is 21.3 Å². The number of aromatic nitrogens is 1. The number of fused-ring (bicyclic) bond motifs is 1. The summed E-state index contributed by atoms with van der Waals surface area (Å²) in [4.78, 5) is 4.97. The molecule has 1 aromatic heterocycles. The molecule has 0 aliphatic heterocycles. The van der Waals surface area contributed by atoms with Crippen LogP contribution in [0, 0.1) is 12.3 Å². The topological polar surface area (TPSA) is 38.9 Å². The molecule has 0 aliphatic carbocycles. The molecular formula is C24H22BN2S2. The number of thiazole rings is 1. The van der Waals surface area contributed by atoms with Gasteiger partial charge in [-0.15, -0.1) is 30.6 Å². The van der Waals surface area contributed by atoms with Gasteiger partial charge in [-0.3, -0.25) is 5.14 Å². The van der Waals surface area contributed by atoms with Crippen LogP contribution in [-0.4, -0.2) is 12.3 Å². The number of benzene rings is 3. The quantitative estimate of drug-likeness (QED) is 0.280. The Morgan fingerprint density at radius 3 is 2.59 bits per heavy atom. The molecule has 5 heteroatoms. The van der Waals surface area contributed by atoms with Crippen LogP contribution in [0.2, 0.25) is 6.82 Å². The predicted octanol–water partition coefficient (Wildman–Crippen LogP) is 4.82. The Hall–Kier alpha value is -2.52. The van der Waals surface area contributed by atoms with Crippen LogP contribution in [0.15, 0.2) is 72.8 Å². The summed E-state index contributed by atoms with van der Waals surface area (Å²) in [5.41, 5.74) is 5.74. The molecule has 1 unspecified atom stereocenters. The van der Waals surface area contributed by atoms with E-state index in [1.54, 1.807) is 11.3 Å². The maximum atomic E-state index is 5.59. The molecule has 0 fully saturated rings. The minimum absolute atomic E-state index is 0.214. The molecule has 4 rings (SSSR count). The normalized spacial score (nSPS) is 11.2. The lowest BCUT2D eigenvalue weighted by atomic mass is 9.73. The molecule has 1 radical (unpaired) electrons. The summed E-state index contributed by atoms with van der Waals surface area (Å²) in [5.74, 6) is 2.95. The van der Waals surface area contributed by atoms with Crippen LogP contribution >= 0.6 is 24.2 Å². The van der Waals surface area contributed by atoms with Crippen molar-refractivity contribution in [2.24, 2.45) is 5.14 Å². The fourth-order valence-electron chi connectivity index (χ4n) is 3.34. The van der Waals surface area contributed by atoms with E-state index >= 15 is 0 Å². The Bertz CT molecular complexity index is 1120. The Kier molecular flexibility index (Phi) is 7.54. The summed E-state index contributed by atoms with van der Waals surface area (Å²) in [5, 5.41) is 5.34. The van der Waals surface area contributed by atoms with Gasteiger partial charge >= 0.3 is 0 Å². The maximum Gasteiger partial charge on any atom is 0.148 e. The van der Waals surface area contributed by atoms with Crippen LogP contribution in [0.4, 0.5) is 0 Å². The van der Waals surface area contributed by atoms with E-state index in [-0.39, 0.29) is 5.92 Å². The van der Waals surface area contributed by atoms with Crippen molar-refractivity contribution in [3.63, 3.8) is 0 Å². The third-order valence-corrected chi connectivity index (χ3v) is 5.93. The van der Waals surface area contributed by atoms with Crippen molar-refractivity contribution in [2.45, 2.75) is 19.2 Å². The summed E-state index contributed by atoms with van der Waals surface area (Å²) in [6.07, 6.45) is 6.47. The van der Waals surface area contributed by atoms with Crippen molar-refractivity contribution in [2.75, 3.05) is 0 Å². The number of nitrogens with zero attached hydrogens (tertiary/aromatic N) is 1. The van der Waals surface area contributed by atoms with Gasteiger partial charge in [-0.2, -0.15) is 0 Å². The minimum Gasteiger partial charge on any atom is -0.281 e. The molecule has 0 amide bonds. The first-order valence-corrected chi connectivity index (χ1v) is 10.7. The van der Waals surface area contributed by atoms with Gasteiger partial charge in [0, 0.05) is 11.5 Å². The molecule has 0 bridgehead atoms. The minimum atomic E-state index is 0.214.